The van der Waals surface area contributed by atoms with Gasteiger partial charge in [-0.1, -0.05) is 0 Å². The van der Waals surface area contributed by atoms with Crippen LogP contribution >= 0.6 is 23.1 Å². The standard InChI is InChI=1S/C16H19N5O7S2/c1-6(22)28-3-7-4-29-14-10(13(24)21(14)11(7)15(25)26)19-12(23)9(20-27-2)8-5-30-16(17)18-8/h5,9-10,14,20H,3-4H2,1-2H3,(H2,17,18)(H,19,23)(H,25,26). The number of hydrogen-bond donors (Lipinski definition) is 4. The van der Waals surface area contributed by atoms with Crippen LogP contribution < -0.4 is 16.5 Å². The number of nitrogen functional groups attached to an aromatic ring is 1. The summed E-state index contributed by atoms with van der Waals surface area (Å²) in [5.74, 6) is -2.78. The Labute approximate surface area is 178 Å². The highest BCUT2D eigenvalue weighted by molar-refractivity contribution is 8.00. The number of aliphatic carboxylic acids is 1. The van der Waals surface area contributed by atoms with E-state index in [4.69, 9.17) is 15.3 Å². The Balaban J connectivity index is 1.74. The van der Waals surface area contributed by atoms with Crippen molar-refractivity contribution in [1.82, 2.24) is 20.7 Å². The topological polar surface area (TPSA) is 173 Å². The van der Waals surface area contributed by atoms with Crippen molar-refractivity contribution >= 4 is 52.0 Å². The van der Waals surface area contributed by atoms with Crippen molar-refractivity contribution < 1.29 is 33.9 Å². The summed E-state index contributed by atoms with van der Waals surface area (Å²) in [5.41, 5.74) is 8.53. The summed E-state index contributed by atoms with van der Waals surface area (Å²) in [4.78, 5) is 58.1. The third-order valence-electron chi connectivity index (χ3n) is 4.33. The van der Waals surface area contributed by atoms with Crippen molar-refractivity contribution in [3.63, 3.8) is 0 Å². The first-order chi connectivity index (χ1) is 14.2. The minimum atomic E-state index is -1.31. The van der Waals surface area contributed by atoms with Crippen molar-refractivity contribution in [2.24, 2.45) is 0 Å². The summed E-state index contributed by atoms with van der Waals surface area (Å²) >= 11 is 2.41. The minimum Gasteiger partial charge on any atom is -0.477 e. The lowest BCUT2D eigenvalue weighted by atomic mass is 10.0. The van der Waals surface area contributed by atoms with Gasteiger partial charge in [-0.05, 0) is 0 Å². The molecule has 14 heteroatoms. The zero-order valence-corrected chi connectivity index (χ0v) is 17.5. The Hall–Kier alpha value is -2.68. The molecule has 5 N–H and O–H groups in total. The fourth-order valence-corrected chi connectivity index (χ4v) is 4.93. The van der Waals surface area contributed by atoms with E-state index < -0.39 is 41.2 Å². The number of nitrogens with zero attached hydrogens (tertiary/aromatic N) is 2. The van der Waals surface area contributed by atoms with Gasteiger partial charge < -0.3 is 25.7 Å². The Morgan fingerprint density at radius 3 is 2.77 bits per heavy atom. The summed E-state index contributed by atoms with van der Waals surface area (Å²) in [7, 11) is 1.33. The highest BCUT2D eigenvalue weighted by Gasteiger charge is 2.54. The molecule has 30 heavy (non-hydrogen) atoms. The molecule has 12 nitrogen and oxygen atoms in total. The number of amides is 2. The SMILES string of the molecule is CONC(C(=O)NC1C(=O)N2C(C(=O)O)=C(COC(C)=O)CSC12)c1csc(N)n1. The Bertz CT molecular complexity index is 918. The predicted molar refractivity (Wildman–Crippen MR) is 106 cm³/mol. The van der Waals surface area contributed by atoms with E-state index in [2.05, 4.69) is 15.8 Å². The van der Waals surface area contributed by atoms with Crippen LogP contribution in [0.5, 0.6) is 0 Å². The molecule has 2 amide bonds. The van der Waals surface area contributed by atoms with Gasteiger partial charge in [0.1, 0.15) is 23.7 Å². The van der Waals surface area contributed by atoms with E-state index in [0.29, 0.717) is 11.3 Å². The second-order valence-corrected chi connectivity index (χ2v) is 8.29. The molecule has 1 saturated heterocycles. The van der Waals surface area contributed by atoms with Gasteiger partial charge in [-0.3, -0.25) is 19.3 Å². The lowest BCUT2D eigenvalue weighted by Gasteiger charge is -2.49. The minimum absolute atomic E-state index is 0.220. The molecule has 0 saturated carbocycles. The molecule has 0 spiro atoms. The molecule has 0 bridgehead atoms. The lowest BCUT2D eigenvalue weighted by Crippen LogP contribution is -2.71. The number of hydrogen-bond acceptors (Lipinski definition) is 11. The van der Waals surface area contributed by atoms with Crippen LogP contribution in [0.3, 0.4) is 0 Å². The van der Waals surface area contributed by atoms with Crippen molar-refractivity contribution in [1.29, 1.82) is 0 Å². The Morgan fingerprint density at radius 2 is 2.20 bits per heavy atom. The van der Waals surface area contributed by atoms with Crippen LogP contribution in [0.4, 0.5) is 5.13 Å². The van der Waals surface area contributed by atoms with Crippen molar-refractivity contribution in [3.05, 3.63) is 22.3 Å². The van der Waals surface area contributed by atoms with Crippen LogP contribution in [0.2, 0.25) is 0 Å². The fraction of sp³-hybridized carbons (Fsp3) is 0.438. The molecule has 3 rings (SSSR count). The number of fused-ring (bicyclic) bond motifs is 1. The number of carboxylic acids is 1. The van der Waals surface area contributed by atoms with Gasteiger partial charge in [0.25, 0.3) is 5.91 Å². The molecule has 3 atom stereocenters. The van der Waals surface area contributed by atoms with E-state index in [1.165, 1.54) is 25.8 Å². The second-order valence-electron chi connectivity index (χ2n) is 6.30. The molecule has 3 heterocycles. The number of thiazole rings is 1. The average molecular weight is 457 g/mol. The Kier molecular flexibility index (Phi) is 6.60. The van der Waals surface area contributed by atoms with Crippen LogP contribution in [-0.4, -0.2) is 69.6 Å². The van der Waals surface area contributed by atoms with Crippen LogP contribution in [0, 0.1) is 0 Å². The van der Waals surface area contributed by atoms with Crippen molar-refractivity contribution in [3.8, 4) is 0 Å². The zero-order valence-electron chi connectivity index (χ0n) is 15.9. The lowest BCUT2D eigenvalue weighted by molar-refractivity contribution is -0.151. The number of nitrogens with two attached hydrogens (primary N) is 1. The molecule has 1 fully saturated rings. The van der Waals surface area contributed by atoms with Crippen molar-refractivity contribution in [2.45, 2.75) is 24.4 Å². The number of anilines is 1. The maximum Gasteiger partial charge on any atom is 0.352 e. The van der Waals surface area contributed by atoms with Crippen LogP contribution in [0.1, 0.15) is 18.7 Å². The second kappa shape index (κ2) is 8.99. The van der Waals surface area contributed by atoms with Gasteiger partial charge in [-0.25, -0.2) is 9.78 Å². The van der Waals surface area contributed by atoms with Gasteiger partial charge in [0.2, 0.25) is 5.91 Å². The normalized spacial score (nSPS) is 21.5. The van der Waals surface area contributed by atoms with E-state index in [9.17, 15) is 24.3 Å². The summed E-state index contributed by atoms with van der Waals surface area (Å²) in [5, 5.41) is 13.4. The molecule has 1 aromatic rings. The first-order valence-corrected chi connectivity index (χ1v) is 10.5. The number of carbonyl (C=O) groups excluding carboxylic acids is 3. The Morgan fingerprint density at radius 1 is 1.47 bits per heavy atom. The highest BCUT2D eigenvalue weighted by atomic mass is 32.2. The summed E-state index contributed by atoms with van der Waals surface area (Å²) < 4.78 is 4.89. The highest BCUT2D eigenvalue weighted by Crippen LogP contribution is 2.40. The molecule has 0 aromatic carbocycles. The van der Waals surface area contributed by atoms with Crippen LogP contribution in [-0.2, 0) is 28.8 Å². The number of nitrogens with one attached hydrogen (secondary N) is 2. The first kappa shape index (κ1) is 22.0. The number of thioether (sulfide) groups is 1. The largest absolute Gasteiger partial charge is 0.477 e. The number of carbonyl (C=O) groups is 4. The van der Waals surface area contributed by atoms with Gasteiger partial charge in [0.15, 0.2) is 11.2 Å². The molecule has 162 valence electrons. The van der Waals surface area contributed by atoms with Gasteiger partial charge in [0.05, 0.1) is 12.8 Å². The van der Waals surface area contributed by atoms with Gasteiger partial charge in [0, 0.05) is 23.6 Å². The molecule has 2 aliphatic rings. The smallest absolute Gasteiger partial charge is 0.352 e. The molecular formula is C16H19N5O7S2. The van der Waals surface area contributed by atoms with Gasteiger partial charge >= 0.3 is 11.9 Å². The molecule has 0 aliphatic carbocycles. The maximum atomic E-state index is 12.7. The summed E-state index contributed by atoms with van der Waals surface area (Å²) in [6.45, 7) is 0.989. The quantitative estimate of drug-likeness (QED) is 0.219. The third-order valence-corrected chi connectivity index (χ3v) is 6.36. The van der Waals surface area contributed by atoms with E-state index >= 15 is 0 Å². The van der Waals surface area contributed by atoms with Crippen LogP contribution in [0.15, 0.2) is 16.7 Å². The van der Waals surface area contributed by atoms with Gasteiger partial charge in [-0.2, -0.15) is 5.48 Å². The van der Waals surface area contributed by atoms with E-state index in [1.54, 1.807) is 5.38 Å². The number of esters is 1. The molecule has 3 unspecified atom stereocenters. The van der Waals surface area contributed by atoms with Crippen LogP contribution in [0.25, 0.3) is 0 Å². The number of carboxylic acid groups (broad SMARTS) is 1. The molecule has 0 radical (unpaired) electrons. The number of rotatable bonds is 8. The first-order valence-electron chi connectivity index (χ1n) is 8.57. The summed E-state index contributed by atoms with van der Waals surface area (Å²) in [6, 6.07) is -1.93. The molecular weight excluding hydrogens is 438 g/mol. The molecule has 1 aromatic heterocycles. The van der Waals surface area contributed by atoms with Gasteiger partial charge in [-0.15, -0.1) is 23.1 Å². The summed E-state index contributed by atoms with van der Waals surface area (Å²) in [6.07, 6.45) is 0. The molecule has 2 aliphatic heterocycles. The number of ether oxygens (including phenoxy) is 1. The van der Waals surface area contributed by atoms with Crippen molar-refractivity contribution in [2.75, 3.05) is 25.2 Å². The predicted octanol–water partition coefficient (Wildman–Crippen LogP) is -0.781. The van der Waals surface area contributed by atoms with E-state index in [-0.39, 0.29) is 23.2 Å². The average Bonchev–Trinajstić information content (AvgIpc) is 3.13. The number of hydroxylamine groups is 1. The van der Waals surface area contributed by atoms with E-state index in [0.717, 1.165) is 16.2 Å². The number of aromatic nitrogens is 1. The third kappa shape index (κ3) is 4.26. The fourth-order valence-electron chi connectivity index (χ4n) is 3.02. The zero-order chi connectivity index (χ0) is 22.0. The number of β-lactam (4-membered cyclic amide) rings is 1. The maximum absolute atomic E-state index is 12.7. The van der Waals surface area contributed by atoms with E-state index in [1.807, 2.05) is 0 Å². The monoisotopic (exact) mass is 457 g/mol.